The molecule has 41 heavy (non-hydrogen) atoms. The molecule has 0 unspecified atom stereocenters. The summed E-state index contributed by atoms with van der Waals surface area (Å²) in [7, 11) is -3.98. The van der Waals surface area contributed by atoms with E-state index in [1.165, 1.54) is 15.1 Å². The van der Waals surface area contributed by atoms with Gasteiger partial charge < -0.3 is 9.47 Å². The van der Waals surface area contributed by atoms with Crippen LogP contribution in [0, 0.1) is 5.92 Å². The predicted octanol–water partition coefficient (Wildman–Crippen LogP) is 5.77. The number of esters is 1. The SMILES string of the molecule is CCOC(=O)C1=C[C@@H](c2cc3ccccc3n2S(=O)(=O)c2ccccc2)N2[C@H](O[C@@H]3Cc4ccccc4[C@@H]32)[C@H]1CC. The molecule has 0 spiro atoms. The minimum absolute atomic E-state index is 0.0684. The number of benzene rings is 3. The third-order valence-corrected chi connectivity index (χ3v) is 10.5. The molecule has 7 rings (SSSR count). The van der Waals surface area contributed by atoms with Gasteiger partial charge in [0.05, 0.1) is 40.9 Å². The molecule has 2 aliphatic heterocycles. The summed E-state index contributed by atoms with van der Waals surface area (Å²) < 4.78 is 42.4. The van der Waals surface area contributed by atoms with Crippen LogP contribution >= 0.6 is 0 Å². The number of rotatable bonds is 6. The maximum atomic E-state index is 14.3. The average Bonchev–Trinajstić information content (AvgIpc) is 3.67. The first-order chi connectivity index (χ1) is 19.9. The third kappa shape index (κ3) is 4.00. The molecule has 7 nitrogen and oxygen atoms in total. The van der Waals surface area contributed by atoms with Gasteiger partial charge in [0, 0.05) is 23.3 Å². The molecule has 0 bridgehead atoms. The summed E-state index contributed by atoms with van der Waals surface area (Å²) >= 11 is 0. The van der Waals surface area contributed by atoms with Crippen LogP contribution in [0.5, 0.6) is 0 Å². The Bertz CT molecular complexity index is 1780. The average molecular weight is 569 g/mol. The first kappa shape index (κ1) is 26.2. The van der Waals surface area contributed by atoms with Gasteiger partial charge in [0.25, 0.3) is 10.0 Å². The van der Waals surface area contributed by atoms with Crippen molar-refractivity contribution >= 4 is 26.9 Å². The van der Waals surface area contributed by atoms with E-state index in [1.54, 1.807) is 37.3 Å². The van der Waals surface area contributed by atoms with Crippen molar-refractivity contribution in [1.29, 1.82) is 0 Å². The number of ether oxygens (including phenoxy) is 2. The van der Waals surface area contributed by atoms with Crippen molar-refractivity contribution in [3.63, 3.8) is 0 Å². The number of aromatic nitrogens is 1. The molecule has 0 amide bonds. The lowest BCUT2D eigenvalue weighted by Crippen LogP contribution is -2.46. The van der Waals surface area contributed by atoms with Gasteiger partial charge in [-0.25, -0.2) is 17.2 Å². The molecule has 3 heterocycles. The Morgan fingerprint density at radius 2 is 1.71 bits per heavy atom. The largest absolute Gasteiger partial charge is 0.463 e. The number of para-hydroxylation sites is 1. The summed E-state index contributed by atoms with van der Waals surface area (Å²) in [5.74, 6) is -0.578. The molecule has 1 aliphatic carbocycles. The highest BCUT2D eigenvalue weighted by Gasteiger charge is 2.55. The Morgan fingerprint density at radius 3 is 2.49 bits per heavy atom. The fourth-order valence-corrected chi connectivity index (χ4v) is 8.58. The lowest BCUT2D eigenvalue weighted by atomic mass is 9.85. The zero-order valence-electron chi connectivity index (χ0n) is 23.0. The van der Waals surface area contributed by atoms with E-state index < -0.39 is 22.3 Å². The van der Waals surface area contributed by atoms with Crippen molar-refractivity contribution in [2.24, 2.45) is 5.92 Å². The van der Waals surface area contributed by atoms with Gasteiger partial charge in [-0.3, -0.25) is 4.90 Å². The van der Waals surface area contributed by atoms with E-state index in [9.17, 15) is 13.2 Å². The van der Waals surface area contributed by atoms with E-state index >= 15 is 0 Å². The van der Waals surface area contributed by atoms with E-state index in [2.05, 4.69) is 24.0 Å². The van der Waals surface area contributed by atoms with Gasteiger partial charge in [-0.15, -0.1) is 0 Å². The molecule has 3 aromatic carbocycles. The zero-order valence-corrected chi connectivity index (χ0v) is 23.8. The Hall–Kier alpha value is -3.72. The Balaban J connectivity index is 1.49. The van der Waals surface area contributed by atoms with Crippen LogP contribution in [0.25, 0.3) is 10.9 Å². The van der Waals surface area contributed by atoms with E-state index in [-0.39, 0.29) is 35.5 Å². The summed E-state index contributed by atoms with van der Waals surface area (Å²) in [6.45, 7) is 4.11. The van der Waals surface area contributed by atoms with Crippen molar-refractivity contribution in [3.05, 3.63) is 113 Å². The normalized spacial score (nSPS) is 25.4. The lowest BCUT2D eigenvalue weighted by molar-refractivity contribution is -0.141. The van der Waals surface area contributed by atoms with Gasteiger partial charge in [0.15, 0.2) is 0 Å². The number of hydrogen-bond donors (Lipinski definition) is 0. The maximum Gasteiger partial charge on any atom is 0.334 e. The predicted molar refractivity (Wildman–Crippen MR) is 156 cm³/mol. The third-order valence-electron chi connectivity index (χ3n) is 8.71. The molecule has 0 N–H and O–H groups in total. The van der Waals surface area contributed by atoms with Crippen LogP contribution in [0.4, 0.5) is 0 Å². The summed E-state index contributed by atoms with van der Waals surface area (Å²) in [6, 6.07) is 25.7. The molecule has 1 fully saturated rings. The Labute approximate surface area is 240 Å². The maximum absolute atomic E-state index is 14.3. The standard InChI is InChI=1S/C33H32N2O5S/c1-3-24-26(33(36)39-4-2)20-28(34-31-25-16-10-8-12-21(25)19-30(31)40-32(24)34)29-18-22-13-9-11-17-27(22)35(29)41(37,38)23-14-6-5-7-15-23/h5-18,20,24,28,30-32H,3-4,19H2,1-2H3/t24-,28-,30+,31-,32+/m0/s1. The van der Waals surface area contributed by atoms with Crippen LogP contribution in [0.3, 0.4) is 0 Å². The molecule has 0 saturated carbocycles. The first-order valence-corrected chi connectivity index (χ1v) is 15.7. The highest BCUT2D eigenvalue weighted by atomic mass is 32.2. The minimum atomic E-state index is -3.98. The summed E-state index contributed by atoms with van der Waals surface area (Å²) in [5.41, 5.74) is 4.15. The van der Waals surface area contributed by atoms with Crippen molar-refractivity contribution < 1.29 is 22.7 Å². The molecule has 4 aromatic rings. The van der Waals surface area contributed by atoms with Gasteiger partial charge in [-0.05, 0) is 48.7 Å². The van der Waals surface area contributed by atoms with Gasteiger partial charge in [-0.2, -0.15) is 0 Å². The second-order valence-corrected chi connectivity index (χ2v) is 12.7. The fraction of sp³-hybridized carbons (Fsp3) is 0.303. The molecular formula is C33H32N2O5S. The quantitative estimate of drug-likeness (QED) is 0.275. The minimum Gasteiger partial charge on any atom is -0.463 e. The summed E-state index contributed by atoms with van der Waals surface area (Å²) in [6.07, 6.45) is 2.90. The van der Waals surface area contributed by atoms with Crippen molar-refractivity contribution in [2.45, 2.75) is 56.0 Å². The van der Waals surface area contributed by atoms with E-state index in [0.717, 1.165) is 11.8 Å². The first-order valence-electron chi connectivity index (χ1n) is 14.2. The molecule has 3 aliphatic rings. The van der Waals surface area contributed by atoms with Crippen LogP contribution in [0.2, 0.25) is 0 Å². The van der Waals surface area contributed by atoms with Gasteiger partial charge in [0.2, 0.25) is 0 Å². The number of hydrogen-bond acceptors (Lipinski definition) is 6. The van der Waals surface area contributed by atoms with E-state index in [0.29, 0.717) is 23.2 Å². The van der Waals surface area contributed by atoms with Crippen molar-refractivity contribution in [3.8, 4) is 0 Å². The zero-order chi connectivity index (χ0) is 28.3. The van der Waals surface area contributed by atoms with Crippen LogP contribution in [-0.4, -0.2) is 42.2 Å². The van der Waals surface area contributed by atoms with Gasteiger partial charge >= 0.3 is 5.97 Å². The number of fused-ring (bicyclic) bond motifs is 6. The number of nitrogens with zero attached hydrogens (tertiary/aromatic N) is 2. The summed E-state index contributed by atoms with van der Waals surface area (Å²) in [4.78, 5) is 15.9. The molecule has 1 saturated heterocycles. The van der Waals surface area contributed by atoms with Crippen LogP contribution < -0.4 is 0 Å². The van der Waals surface area contributed by atoms with Gasteiger partial charge in [-0.1, -0.05) is 73.7 Å². The van der Waals surface area contributed by atoms with E-state index in [4.69, 9.17) is 9.47 Å². The Morgan fingerprint density at radius 1 is 0.976 bits per heavy atom. The van der Waals surface area contributed by atoms with Crippen LogP contribution in [0.1, 0.15) is 49.2 Å². The van der Waals surface area contributed by atoms with Crippen molar-refractivity contribution in [2.75, 3.05) is 6.61 Å². The second kappa shape index (κ2) is 9.98. The van der Waals surface area contributed by atoms with Crippen molar-refractivity contribution in [1.82, 2.24) is 8.87 Å². The van der Waals surface area contributed by atoms with E-state index in [1.807, 2.05) is 48.5 Å². The molecular weight excluding hydrogens is 536 g/mol. The van der Waals surface area contributed by atoms with Crippen LogP contribution in [-0.2, 0) is 30.7 Å². The Kier molecular flexibility index (Phi) is 6.37. The molecule has 5 atom stereocenters. The molecule has 210 valence electrons. The monoisotopic (exact) mass is 568 g/mol. The molecule has 1 aromatic heterocycles. The number of carbonyl (C=O) groups is 1. The lowest BCUT2D eigenvalue weighted by Gasteiger charge is -2.42. The van der Waals surface area contributed by atoms with Gasteiger partial charge in [0.1, 0.15) is 6.23 Å². The number of carbonyl (C=O) groups excluding carboxylic acids is 1. The highest BCUT2D eigenvalue weighted by molar-refractivity contribution is 7.90. The topological polar surface area (TPSA) is 77.8 Å². The molecule has 0 radical (unpaired) electrons. The molecule has 8 heteroatoms. The second-order valence-electron chi connectivity index (χ2n) is 10.9. The fourth-order valence-electron chi connectivity index (χ4n) is 7.00. The smallest absolute Gasteiger partial charge is 0.334 e. The highest BCUT2D eigenvalue weighted by Crippen LogP contribution is 2.54. The van der Waals surface area contributed by atoms with Crippen LogP contribution in [0.15, 0.2) is 101 Å². The summed E-state index contributed by atoms with van der Waals surface area (Å²) in [5, 5.41) is 0.811.